The SMILES string of the molecule is NC(=O)c1ccc(Cn2ccc3c(Cl)cc(Cl)cc32)cc1. The molecule has 2 N–H and O–H groups in total. The number of carbonyl (C=O) groups is 1. The molecule has 106 valence electrons. The summed E-state index contributed by atoms with van der Waals surface area (Å²) in [6, 6.07) is 12.8. The van der Waals surface area contributed by atoms with Crippen LogP contribution in [0.4, 0.5) is 0 Å². The van der Waals surface area contributed by atoms with Crippen molar-refractivity contribution in [1.82, 2.24) is 4.57 Å². The maximum absolute atomic E-state index is 11.1. The van der Waals surface area contributed by atoms with Crippen molar-refractivity contribution in [3.05, 3.63) is 69.8 Å². The molecule has 1 heterocycles. The molecule has 21 heavy (non-hydrogen) atoms. The van der Waals surface area contributed by atoms with Gasteiger partial charge in [-0.05, 0) is 35.9 Å². The van der Waals surface area contributed by atoms with Crippen LogP contribution in [0.5, 0.6) is 0 Å². The fourth-order valence-corrected chi connectivity index (χ4v) is 2.87. The quantitative estimate of drug-likeness (QED) is 0.776. The van der Waals surface area contributed by atoms with Crippen LogP contribution in [0.25, 0.3) is 10.9 Å². The highest BCUT2D eigenvalue weighted by molar-refractivity contribution is 6.38. The zero-order valence-electron chi connectivity index (χ0n) is 11.0. The van der Waals surface area contributed by atoms with Crippen LogP contribution in [0.3, 0.4) is 0 Å². The van der Waals surface area contributed by atoms with Gasteiger partial charge in [0.1, 0.15) is 0 Å². The molecule has 0 saturated carbocycles. The van der Waals surface area contributed by atoms with Gasteiger partial charge in [0.05, 0.1) is 10.5 Å². The zero-order valence-corrected chi connectivity index (χ0v) is 12.5. The van der Waals surface area contributed by atoms with Crippen LogP contribution in [-0.4, -0.2) is 10.5 Å². The normalized spacial score (nSPS) is 11.0. The van der Waals surface area contributed by atoms with Gasteiger partial charge in [0, 0.05) is 28.7 Å². The van der Waals surface area contributed by atoms with Crippen LogP contribution >= 0.6 is 23.2 Å². The largest absolute Gasteiger partial charge is 0.366 e. The number of carbonyl (C=O) groups excluding carboxylic acids is 1. The second kappa shape index (κ2) is 5.43. The first kappa shape index (κ1) is 14.0. The number of nitrogens with two attached hydrogens (primary N) is 1. The van der Waals surface area contributed by atoms with Crippen molar-refractivity contribution in [2.45, 2.75) is 6.54 Å². The lowest BCUT2D eigenvalue weighted by Gasteiger charge is -2.07. The van der Waals surface area contributed by atoms with Crippen LogP contribution in [0.15, 0.2) is 48.7 Å². The molecule has 3 rings (SSSR count). The molecule has 5 heteroatoms. The Kier molecular flexibility index (Phi) is 3.62. The van der Waals surface area contributed by atoms with E-state index in [9.17, 15) is 4.79 Å². The molecular formula is C16H12Cl2N2O. The molecule has 0 aliphatic heterocycles. The van der Waals surface area contributed by atoms with E-state index in [1.54, 1.807) is 18.2 Å². The number of rotatable bonds is 3. The molecule has 0 aliphatic rings. The molecule has 3 nitrogen and oxygen atoms in total. The van der Waals surface area contributed by atoms with Gasteiger partial charge in [-0.15, -0.1) is 0 Å². The van der Waals surface area contributed by atoms with Gasteiger partial charge in [-0.3, -0.25) is 4.79 Å². The molecular weight excluding hydrogens is 307 g/mol. The topological polar surface area (TPSA) is 48.0 Å². The minimum atomic E-state index is -0.425. The number of nitrogens with zero attached hydrogens (tertiary/aromatic N) is 1. The number of hydrogen-bond donors (Lipinski definition) is 1. The maximum atomic E-state index is 11.1. The summed E-state index contributed by atoms with van der Waals surface area (Å²) >= 11 is 12.2. The highest BCUT2D eigenvalue weighted by Gasteiger charge is 2.07. The molecule has 0 radical (unpaired) electrons. The van der Waals surface area contributed by atoms with E-state index in [-0.39, 0.29) is 0 Å². The van der Waals surface area contributed by atoms with Gasteiger partial charge < -0.3 is 10.3 Å². The first-order valence-electron chi connectivity index (χ1n) is 6.37. The molecule has 1 amide bonds. The summed E-state index contributed by atoms with van der Waals surface area (Å²) in [4.78, 5) is 11.1. The molecule has 0 saturated heterocycles. The van der Waals surface area contributed by atoms with Crippen molar-refractivity contribution in [3.8, 4) is 0 Å². The van der Waals surface area contributed by atoms with E-state index in [2.05, 4.69) is 4.57 Å². The van der Waals surface area contributed by atoms with Gasteiger partial charge in [-0.1, -0.05) is 35.3 Å². The fourth-order valence-electron chi connectivity index (χ4n) is 2.33. The van der Waals surface area contributed by atoms with E-state index in [0.717, 1.165) is 16.5 Å². The third kappa shape index (κ3) is 2.75. The number of aromatic nitrogens is 1. The van der Waals surface area contributed by atoms with Gasteiger partial charge >= 0.3 is 0 Å². The third-order valence-electron chi connectivity index (χ3n) is 3.39. The van der Waals surface area contributed by atoms with Crippen molar-refractivity contribution in [1.29, 1.82) is 0 Å². The van der Waals surface area contributed by atoms with E-state index >= 15 is 0 Å². The number of fused-ring (bicyclic) bond motifs is 1. The number of halogens is 2. The summed E-state index contributed by atoms with van der Waals surface area (Å²) < 4.78 is 2.06. The van der Waals surface area contributed by atoms with Crippen LogP contribution in [0, 0.1) is 0 Å². The standard InChI is InChI=1S/C16H12Cl2N2O/c17-12-7-14(18)13-5-6-20(15(13)8-12)9-10-1-3-11(4-2-10)16(19)21/h1-8H,9H2,(H2,19,21). The summed E-state index contributed by atoms with van der Waals surface area (Å²) in [5, 5.41) is 2.21. The highest BCUT2D eigenvalue weighted by atomic mass is 35.5. The van der Waals surface area contributed by atoms with Crippen molar-refractivity contribution in [2.24, 2.45) is 5.73 Å². The summed E-state index contributed by atoms with van der Waals surface area (Å²) in [7, 11) is 0. The predicted molar refractivity (Wildman–Crippen MR) is 86.0 cm³/mol. The summed E-state index contributed by atoms with van der Waals surface area (Å²) in [6.07, 6.45) is 1.97. The van der Waals surface area contributed by atoms with Crippen LogP contribution in [-0.2, 0) is 6.54 Å². The average molecular weight is 319 g/mol. The third-order valence-corrected chi connectivity index (χ3v) is 3.93. The monoisotopic (exact) mass is 318 g/mol. The molecule has 0 spiro atoms. The smallest absolute Gasteiger partial charge is 0.248 e. The van der Waals surface area contributed by atoms with Crippen molar-refractivity contribution in [2.75, 3.05) is 0 Å². The van der Waals surface area contributed by atoms with Crippen molar-refractivity contribution < 1.29 is 4.79 Å². The summed E-state index contributed by atoms with van der Waals surface area (Å²) in [6.45, 7) is 0.666. The lowest BCUT2D eigenvalue weighted by atomic mass is 10.1. The fraction of sp³-hybridized carbons (Fsp3) is 0.0625. The van der Waals surface area contributed by atoms with Gasteiger partial charge in [0.2, 0.25) is 5.91 Å². The van der Waals surface area contributed by atoms with E-state index in [1.807, 2.05) is 30.5 Å². The van der Waals surface area contributed by atoms with Crippen molar-refractivity contribution in [3.63, 3.8) is 0 Å². The molecule has 0 atom stereocenters. The number of primary amides is 1. The van der Waals surface area contributed by atoms with Crippen LogP contribution < -0.4 is 5.73 Å². The first-order chi connectivity index (χ1) is 10.0. The van der Waals surface area contributed by atoms with E-state index in [0.29, 0.717) is 22.2 Å². The Morgan fingerprint density at radius 1 is 1.10 bits per heavy atom. The first-order valence-corrected chi connectivity index (χ1v) is 7.13. The molecule has 0 unspecified atom stereocenters. The number of hydrogen-bond acceptors (Lipinski definition) is 1. The molecule has 0 fully saturated rings. The zero-order chi connectivity index (χ0) is 15.0. The Labute approximate surface area is 131 Å². The minimum absolute atomic E-state index is 0.425. The Morgan fingerprint density at radius 2 is 1.81 bits per heavy atom. The lowest BCUT2D eigenvalue weighted by molar-refractivity contribution is 0.100. The van der Waals surface area contributed by atoms with Crippen LogP contribution in [0.2, 0.25) is 10.0 Å². The number of benzene rings is 2. The maximum Gasteiger partial charge on any atom is 0.248 e. The molecule has 2 aromatic carbocycles. The van der Waals surface area contributed by atoms with Gasteiger partial charge in [0.25, 0.3) is 0 Å². The molecule has 1 aromatic heterocycles. The van der Waals surface area contributed by atoms with Gasteiger partial charge in [-0.2, -0.15) is 0 Å². The highest BCUT2D eigenvalue weighted by Crippen LogP contribution is 2.29. The van der Waals surface area contributed by atoms with E-state index in [4.69, 9.17) is 28.9 Å². The van der Waals surface area contributed by atoms with Gasteiger partial charge in [-0.25, -0.2) is 0 Å². The molecule has 3 aromatic rings. The Morgan fingerprint density at radius 3 is 2.48 bits per heavy atom. The average Bonchev–Trinajstić information content (AvgIpc) is 2.83. The van der Waals surface area contributed by atoms with Gasteiger partial charge in [0.15, 0.2) is 0 Å². The van der Waals surface area contributed by atoms with Crippen LogP contribution in [0.1, 0.15) is 15.9 Å². The number of amides is 1. The Hall–Kier alpha value is -1.97. The van der Waals surface area contributed by atoms with Crippen molar-refractivity contribution >= 4 is 40.0 Å². The van der Waals surface area contributed by atoms with E-state index in [1.165, 1.54) is 0 Å². The summed E-state index contributed by atoms with van der Waals surface area (Å²) in [5.74, 6) is -0.425. The Bertz CT molecular complexity index is 822. The molecule has 0 aliphatic carbocycles. The predicted octanol–water partition coefficient (Wildman–Crippen LogP) is 4.10. The Balaban J connectivity index is 1.96. The second-order valence-corrected chi connectivity index (χ2v) is 5.67. The lowest BCUT2D eigenvalue weighted by Crippen LogP contribution is -2.10. The molecule has 0 bridgehead atoms. The second-order valence-electron chi connectivity index (χ2n) is 4.83. The summed E-state index contributed by atoms with van der Waals surface area (Å²) in [5.41, 5.74) is 7.78. The minimum Gasteiger partial charge on any atom is -0.366 e. The van der Waals surface area contributed by atoms with E-state index < -0.39 is 5.91 Å².